The number of nitrogens with zero attached hydrogens (tertiary/aromatic N) is 5. The van der Waals surface area contributed by atoms with Crippen molar-refractivity contribution in [3.63, 3.8) is 0 Å². The molecule has 2 heterocycles. The minimum Gasteiger partial charge on any atom is -0.308 e. The molecule has 1 saturated heterocycles. The zero-order valence-electron chi connectivity index (χ0n) is 13.0. The molecule has 1 amide bonds. The normalized spacial score (nSPS) is 17.7. The summed E-state index contributed by atoms with van der Waals surface area (Å²) in [5.74, 6) is -0.624. The van der Waals surface area contributed by atoms with E-state index in [1.807, 2.05) is 0 Å². The molecule has 1 aromatic heterocycles. The zero-order valence-corrected chi connectivity index (χ0v) is 13.0. The van der Waals surface area contributed by atoms with Crippen LogP contribution in [0.5, 0.6) is 0 Å². The van der Waals surface area contributed by atoms with Gasteiger partial charge >= 0.3 is 5.69 Å². The highest BCUT2D eigenvalue weighted by Crippen LogP contribution is 2.26. The van der Waals surface area contributed by atoms with Crippen LogP contribution in [0.3, 0.4) is 0 Å². The Labute approximate surface area is 137 Å². The average Bonchev–Trinajstić information content (AvgIpc) is 3.15. The Kier molecular flexibility index (Phi) is 4.26. The lowest BCUT2D eigenvalue weighted by Gasteiger charge is -2.23. The first kappa shape index (κ1) is 16.1. The Hall–Kier alpha value is -2.81. The summed E-state index contributed by atoms with van der Waals surface area (Å²) in [6.45, 7) is 0.656. The highest BCUT2D eigenvalue weighted by molar-refractivity contribution is 5.99. The molecule has 0 N–H and O–H groups in total. The molecule has 2 aromatic rings. The molecule has 0 spiro atoms. The van der Waals surface area contributed by atoms with Crippen molar-refractivity contribution in [2.75, 3.05) is 18.5 Å². The first-order valence-corrected chi connectivity index (χ1v) is 7.40. The quantitative estimate of drug-likeness (QED) is 0.613. The molecule has 9 heteroatoms. The van der Waals surface area contributed by atoms with Crippen molar-refractivity contribution < 1.29 is 14.1 Å². The number of nitro groups is 1. The first-order chi connectivity index (χ1) is 11.5. The van der Waals surface area contributed by atoms with Gasteiger partial charge in [0.15, 0.2) is 0 Å². The molecule has 1 aliphatic rings. The molecule has 1 aliphatic heterocycles. The molecule has 126 valence electrons. The van der Waals surface area contributed by atoms with Crippen LogP contribution < -0.4 is 4.90 Å². The number of carbonyl (C=O) groups excluding carboxylic acids is 1. The van der Waals surface area contributed by atoms with E-state index in [0.717, 1.165) is 6.20 Å². The second-order valence-electron chi connectivity index (χ2n) is 5.64. The summed E-state index contributed by atoms with van der Waals surface area (Å²) in [5.41, 5.74) is 0.169. The highest BCUT2D eigenvalue weighted by Gasteiger charge is 2.36. The van der Waals surface area contributed by atoms with Crippen molar-refractivity contribution in [1.82, 2.24) is 14.7 Å². The summed E-state index contributed by atoms with van der Waals surface area (Å²) < 4.78 is 15.3. The Morgan fingerprint density at radius 3 is 2.88 bits per heavy atom. The molecule has 0 saturated carbocycles. The third kappa shape index (κ3) is 2.98. The van der Waals surface area contributed by atoms with E-state index in [4.69, 9.17) is 0 Å². The minimum absolute atomic E-state index is 0.103. The summed E-state index contributed by atoms with van der Waals surface area (Å²) >= 11 is 0. The first-order valence-electron chi connectivity index (χ1n) is 7.40. The average molecular weight is 333 g/mol. The molecular formula is C15H16FN5O3. The van der Waals surface area contributed by atoms with Gasteiger partial charge in [-0.15, -0.1) is 0 Å². The Balaban J connectivity index is 1.70. The number of hydrogen-bond donors (Lipinski definition) is 0. The molecule has 0 unspecified atom stereocenters. The van der Waals surface area contributed by atoms with Crippen LogP contribution in [0.1, 0.15) is 6.42 Å². The molecule has 8 nitrogen and oxygen atoms in total. The SMILES string of the molecule is CN(Cn1cc([N+](=O)[O-])cn1)[C@@H]1CCN(c2ccccc2F)C1=O. The number of anilines is 1. The number of likely N-dealkylation sites (N-methyl/N-ethyl adjacent to an activating group) is 1. The molecule has 1 atom stereocenters. The second kappa shape index (κ2) is 6.36. The van der Waals surface area contributed by atoms with Crippen LogP contribution in [0.4, 0.5) is 15.8 Å². The Bertz CT molecular complexity index is 778. The van der Waals surface area contributed by atoms with E-state index in [9.17, 15) is 19.3 Å². The van der Waals surface area contributed by atoms with Crippen LogP contribution in [0, 0.1) is 15.9 Å². The van der Waals surface area contributed by atoms with E-state index < -0.39 is 16.8 Å². The van der Waals surface area contributed by atoms with Gasteiger partial charge in [0.05, 0.1) is 23.3 Å². The lowest BCUT2D eigenvalue weighted by molar-refractivity contribution is -0.385. The molecule has 0 radical (unpaired) electrons. The summed E-state index contributed by atoms with van der Waals surface area (Å²) in [6.07, 6.45) is 3.02. The number of hydrogen-bond acceptors (Lipinski definition) is 5. The highest BCUT2D eigenvalue weighted by atomic mass is 19.1. The molecule has 0 aliphatic carbocycles. The van der Waals surface area contributed by atoms with Crippen molar-refractivity contribution in [1.29, 1.82) is 0 Å². The van der Waals surface area contributed by atoms with E-state index in [2.05, 4.69) is 5.10 Å². The molecule has 24 heavy (non-hydrogen) atoms. The second-order valence-corrected chi connectivity index (χ2v) is 5.64. The zero-order chi connectivity index (χ0) is 17.3. The maximum Gasteiger partial charge on any atom is 0.307 e. The predicted octanol–water partition coefficient (Wildman–Crippen LogP) is 1.63. The molecular weight excluding hydrogens is 317 g/mol. The van der Waals surface area contributed by atoms with E-state index in [1.54, 1.807) is 30.1 Å². The molecule has 0 bridgehead atoms. The molecule has 1 aromatic carbocycles. The number of rotatable bonds is 5. The molecule has 1 fully saturated rings. The smallest absolute Gasteiger partial charge is 0.307 e. The molecule has 3 rings (SSSR count). The van der Waals surface area contributed by atoms with Gasteiger partial charge in [0.1, 0.15) is 18.2 Å². The number of aromatic nitrogens is 2. The van der Waals surface area contributed by atoms with Crippen molar-refractivity contribution in [3.05, 3.63) is 52.6 Å². The number of para-hydroxylation sites is 1. The van der Waals surface area contributed by atoms with E-state index in [1.165, 1.54) is 21.8 Å². The fourth-order valence-corrected chi connectivity index (χ4v) is 2.84. The van der Waals surface area contributed by atoms with E-state index >= 15 is 0 Å². The predicted molar refractivity (Wildman–Crippen MR) is 83.8 cm³/mol. The van der Waals surface area contributed by atoms with Crippen molar-refractivity contribution in [2.45, 2.75) is 19.1 Å². The lowest BCUT2D eigenvalue weighted by atomic mass is 10.2. The van der Waals surface area contributed by atoms with Crippen molar-refractivity contribution in [3.8, 4) is 0 Å². The number of amides is 1. The Morgan fingerprint density at radius 2 is 2.21 bits per heavy atom. The van der Waals surface area contributed by atoms with E-state index in [-0.39, 0.29) is 24.0 Å². The number of halogens is 1. The minimum atomic E-state index is -0.524. The van der Waals surface area contributed by atoms with Gasteiger partial charge in [0.2, 0.25) is 5.91 Å². The Morgan fingerprint density at radius 1 is 1.46 bits per heavy atom. The van der Waals surface area contributed by atoms with Crippen LogP contribution in [-0.4, -0.2) is 45.1 Å². The maximum absolute atomic E-state index is 13.9. The van der Waals surface area contributed by atoms with Crippen LogP contribution in [0.15, 0.2) is 36.7 Å². The number of benzene rings is 1. The standard InChI is InChI=1S/C15H16FN5O3/c1-18(10-19-9-11(8-17-19)21(23)24)14-6-7-20(15(14)22)13-5-3-2-4-12(13)16/h2-5,8-9,14H,6-7,10H2,1H3/t14-/m1/s1. The summed E-state index contributed by atoms with van der Waals surface area (Å²) in [6, 6.07) is 5.74. The van der Waals surface area contributed by atoms with Gasteiger partial charge in [-0.2, -0.15) is 5.10 Å². The monoisotopic (exact) mass is 333 g/mol. The van der Waals surface area contributed by atoms with Gasteiger partial charge in [0, 0.05) is 6.54 Å². The van der Waals surface area contributed by atoms with Gasteiger partial charge in [-0.05, 0) is 25.6 Å². The van der Waals surface area contributed by atoms with Gasteiger partial charge in [-0.25, -0.2) is 4.39 Å². The fourth-order valence-electron chi connectivity index (χ4n) is 2.84. The summed E-state index contributed by atoms with van der Waals surface area (Å²) in [7, 11) is 1.74. The van der Waals surface area contributed by atoms with Crippen LogP contribution in [0.2, 0.25) is 0 Å². The van der Waals surface area contributed by atoms with Crippen molar-refractivity contribution in [2.24, 2.45) is 0 Å². The van der Waals surface area contributed by atoms with E-state index in [0.29, 0.717) is 13.0 Å². The van der Waals surface area contributed by atoms with Crippen LogP contribution >= 0.6 is 0 Å². The van der Waals surface area contributed by atoms with Crippen LogP contribution in [-0.2, 0) is 11.5 Å². The van der Waals surface area contributed by atoms with Crippen molar-refractivity contribution >= 4 is 17.3 Å². The fraction of sp³-hybridized carbons (Fsp3) is 0.333. The van der Waals surface area contributed by atoms with Gasteiger partial charge in [-0.3, -0.25) is 24.5 Å². The third-order valence-corrected chi connectivity index (χ3v) is 4.05. The van der Waals surface area contributed by atoms with Gasteiger partial charge < -0.3 is 4.90 Å². The largest absolute Gasteiger partial charge is 0.308 e. The summed E-state index contributed by atoms with van der Waals surface area (Å²) in [5, 5.41) is 14.6. The maximum atomic E-state index is 13.9. The van der Waals surface area contributed by atoms with Gasteiger partial charge in [0.25, 0.3) is 0 Å². The third-order valence-electron chi connectivity index (χ3n) is 4.05. The van der Waals surface area contributed by atoms with Crippen LogP contribution in [0.25, 0.3) is 0 Å². The van der Waals surface area contributed by atoms with Gasteiger partial charge in [-0.1, -0.05) is 12.1 Å². The summed E-state index contributed by atoms with van der Waals surface area (Å²) in [4.78, 5) is 25.9. The topological polar surface area (TPSA) is 84.5 Å². The lowest BCUT2D eigenvalue weighted by Crippen LogP contribution is -2.40. The number of carbonyl (C=O) groups is 1.